The first-order valence-electron chi connectivity index (χ1n) is 9.99. The molecular weight excluding hydrogens is 374 g/mol. The summed E-state index contributed by atoms with van der Waals surface area (Å²) in [5.74, 6) is -2.10. The van der Waals surface area contributed by atoms with E-state index >= 15 is 0 Å². The molecule has 3 N–H and O–H groups in total. The topological polar surface area (TPSA) is 114 Å². The highest BCUT2D eigenvalue weighted by atomic mass is 16.5. The lowest BCUT2D eigenvalue weighted by molar-refractivity contribution is -0.151. The standard InChI is InChI=1S/C21H29N3O5/c1-14(2)18(24-19(26)15-9-5-3-6-10-15)20(27)29-13-17(25)23-21(28)22-16-11-7-4-8-12-16/h3,5-6,9-10,14,16,18H,4,7-8,11-13H2,1-2H3,(H,24,26)(H2,22,23,25,28). The lowest BCUT2D eigenvalue weighted by Gasteiger charge is -2.23. The predicted molar refractivity (Wildman–Crippen MR) is 107 cm³/mol. The molecule has 0 spiro atoms. The van der Waals surface area contributed by atoms with Gasteiger partial charge in [-0.3, -0.25) is 14.9 Å². The van der Waals surface area contributed by atoms with Crippen LogP contribution in [0.15, 0.2) is 30.3 Å². The molecule has 0 aromatic heterocycles. The van der Waals surface area contributed by atoms with Crippen LogP contribution in [-0.2, 0) is 14.3 Å². The van der Waals surface area contributed by atoms with Gasteiger partial charge in [0.15, 0.2) is 6.61 Å². The van der Waals surface area contributed by atoms with E-state index in [0.29, 0.717) is 5.56 Å². The van der Waals surface area contributed by atoms with Crippen molar-refractivity contribution < 1.29 is 23.9 Å². The number of rotatable bonds is 7. The fraction of sp³-hybridized carbons (Fsp3) is 0.524. The van der Waals surface area contributed by atoms with Crippen LogP contribution in [0.1, 0.15) is 56.3 Å². The van der Waals surface area contributed by atoms with E-state index in [0.717, 1.165) is 32.1 Å². The van der Waals surface area contributed by atoms with Gasteiger partial charge in [-0.15, -0.1) is 0 Å². The monoisotopic (exact) mass is 403 g/mol. The van der Waals surface area contributed by atoms with E-state index in [-0.39, 0.29) is 12.0 Å². The Morgan fingerprint density at radius 3 is 2.31 bits per heavy atom. The third kappa shape index (κ3) is 7.56. The van der Waals surface area contributed by atoms with Gasteiger partial charge in [0.1, 0.15) is 6.04 Å². The minimum atomic E-state index is -0.911. The van der Waals surface area contributed by atoms with Crippen molar-refractivity contribution in [1.82, 2.24) is 16.0 Å². The SMILES string of the molecule is CC(C)C(NC(=O)c1ccccc1)C(=O)OCC(=O)NC(=O)NC1CCCCC1. The van der Waals surface area contributed by atoms with Crippen LogP contribution in [0, 0.1) is 5.92 Å². The van der Waals surface area contributed by atoms with Gasteiger partial charge in [0, 0.05) is 11.6 Å². The van der Waals surface area contributed by atoms with Gasteiger partial charge in [-0.1, -0.05) is 51.3 Å². The molecule has 158 valence electrons. The highest BCUT2D eigenvalue weighted by Crippen LogP contribution is 2.17. The number of nitrogens with one attached hydrogen (secondary N) is 3. The molecule has 1 aliphatic carbocycles. The number of urea groups is 1. The molecule has 29 heavy (non-hydrogen) atoms. The number of benzene rings is 1. The lowest BCUT2D eigenvalue weighted by atomic mass is 9.96. The van der Waals surface area contributed by atoms with E-state index in [1.807, 2.05) is 0 Å². The zero-order chi connectivity index (χ0) is 21.2. The molecule has 8 heteroatoms. The summed E-state index contributed by atoms with van der Waals surface area (Å²) in [6, 6.07) is 7.07. The Kier molecular flexibility index (Phi) is 8.64. The number of hydrogen-bond donors (Lipinski definition) is 3. The van der Waals surface area contributed by atoms with Crippen LogP contribution in [0.3, 0.4) is 0 Å². The zero-order valence-electron chi connectivity index (χ0n) is 16.9. The normalized spacial score (nSPS) is 15.3. The summed E-state index contributed by atoms with van der Waals surface area (Å²) in [6.07, 6.45) is 5.07. The number of carbonyl (C=O) groups is 4. The molecule has 1 aliphatic rings. The lowest BCUT2D eigenvalue weighted by Crippen LogP contribution is -2.48. The van der Waals surface area contributed by atoms with Crippen LogP contribution in [0.2, 0.25) is 0 Å². The van der Waals surface area contributed by atoms with Crippen molar-refractivity contribution in [3.8, 4) is 0 Å². The van der Waals surface area contributed by atoms with E-state index in [4.69, 9.17) is 4.74 Å². The second-order valence-electron chi connectivity index (χ2n) is 7.53. The van der Waals surface area contributed by atoms with Crippen molar-refractivity contribution >= 4 is 23.8 Å². The van der Waals surface area contributed by atoms with Gasteiger partial charge in [0.2, 0.25) is 0 Å². The largest absolute Gasteiger partial charge is 0.454 e. The van der Waals surface area contributed by atoms with Crippen LogP contribution >= 0.6 is 0 Å². The van der Waals surface area contributed by atoms with Crippen LogP contribution in [-0.4, -0.2) is 42.5 Å². The number of carbonyl (C=O) groups excluding carboxylic acids is 4. The van der Waals surface area contributed by atoms with Crippen molar-refractivity contribution in [3.63, 3.8) is 0 Å². The summed E-state index contributed by atoms with van der Waals surface area (Å²) in [5.41, 5.74) is 0.420. The molecule has 0 heterocycles. The van der Waals surface area contributed by atoms with Crippen LogP contribution in [0.4, 0.5) is 4.79 Å². The first-order chi connectivity index (χ1) is 13.9. The minimum Gasteiger partial charge on any atom is -0.454 e. The molecule has 0 bridgehead atoms. The van der Waals surface area contributed by atoms with Crippen molar-refractivity contribution in [3.05, 3.63) is 35.9 Å². The summed E-state index contributed by atoms with van der Waals surface area (Å²) >= 11 is 0. The van der Waals surface area contributed by atoms with E-state index in [1.54, 1.807) is 44.2 Å². The van der Waals surface area contributed by atoms with Gasteiger partial charge in [0.05, 0.1) is 0 Å². The molecule has 8 nitrogen and oxygen atoms in total. The first-order valence-corrected chi connectivity index (χ1v) is 9.99. The number of esters is 1. The maximum atomic E-state index is 12.3. The smallest absolute Gasteiger partial charge is 0.329 e. The first kappa shape index (κ1) is 22.4. The molecule has 0 radical (unpaired) electrons. The fourth-order valence-corrected chi connectivity index (χ4v) is 3.17. The molecule has 1 aromatic rings. The average molecular weight is 403 g/mol. The second kappa shape index (κ2) is 11.2. The summed E-state index contributed by atoms with van der Waals surface area (Å²) in [6.45, 7) is 2.92. The van der Waals surface area contributed by atoms with Gasteiger partial charge in [-0.2, -0.15) is 0 Å². The minimum absolute atomic E-state index is 0.0672. The Hall–Kier alpha value is -2.90. The maximum Gasteiger partial charge on any atom is 0.329 e. The van der Waals surface area contributed by atoms with E-state index in [9.17, 15) is 19.2 Å². The summed E-state index contributed by atoms with van der Waals surface area (Å²) < 4.78 is 5.01. The van der Waals surface area contributed by atoms with Gasteiger partial charge >= 0.3 is 12.0 Å². The third-order valence-corrected chi connectivity index (χ3v) is 4.78. The van der Waals surface area contributed by atoms with Gasteiger partial charge in [0.25, 0.3) is 11.8 Å². The molecule has 1 unspecified atom stereocenters. The predicted octanol–water partition coefficient (Wildman–Crippen LogP) is 2.14. The molecule has 0 saturated heterocycles. The summed E-state index contributed by atoms with van der Waals surface area (Å²) in [5, 5.41) is 7.54. The van der Waals surface area contributed by atoms with Crippen molar-refractivity contribution in [1.29, 1.82) is 0 Å². The van der Waals surface area contributed by atoms with E-state index in [1.165, 1.54) is 0 Å². The number of amides is 4. The number of imide groups is 1. The fourth-order valence-electron chi connectivity index (χ4n) is 3.17. The Bertz CT molecular complexity index is 714. The molecule has 4 amide bonds. The van der Waals surface area contributed by atoms with Crippen molar-refractivity contribution in [2.45, 2.75) is 58.0 Å². The Morgan fingerprint density at radius 2 is 1.69 bits per heavy atom. The molecule has 1 atom stereocenters. The second-order valence-corrected chi connectivity index (χ2v) is 7.53. The Balaban J connectivity index is 1.79. The highest BCUT2D eigenvalue weighted by Gasteiger charge is 2.27. The van der Waals surface area contributed by atoms with Crippen molar-refractivity contribution in [2.24, 2.45) is 5.92 Å². The molecular formula is C21H29N3O5. The number of ether oxygens (including phenoxy) is 1. The summed E-state index contributed by atoms with van der Waals surface area (Å²) in [4.78, 5) is 48.4. The molecule has 0 aliphatic heterocycles. The quantitative estimate of drug-likeness (QED) is 0.604. The number of hydrogen-bond acceptors (Lipinski definition) is 5. The third-order valence-electron chi connectivity index (χ3n) is 4.78. The van der Waals surface area contributed by atoms with Crippen LogP contribution < -0.4 is 16.0 Å². The van der Waals surface area contributed by atoms with E-state index < -0.39 is 36.5 Å². The average Bonchev–Trinajstić information content (AvgIpc) is 2.71. The van der Waals surface area contributed by atoms with Crippen molar-refractivity contribution in [2.75, 3.05) is 6.61 Å². The zero-order valence-corrected chi connectivity index (χ0v) is 16.9. The molecule has 1 aromatic carbocycles. The van der Waals surface area contributed by atoms with Gasteiger partial charge in [-0.05, 0) is 30.9 Å². The van der Waals surface area contributed by atoms with Crippen LogP contribution in [0.25, 0.3) is 0 Å². The van der Waals surface area contributed by atoms with Crippen LogP contribution in [0.5, 0.6) is 0 Å². The Labute approximate surface area is 170 Å². The highest BCUT2D eigenvalue weighted by molar-refractivity contribution is 5.98. The van der Waals surface area contributed by atoms with Gasteiger partial charge < -0.3 is 15.4 Å². The molecule has 1 fully saturated rings. The molecule has 1 saturated carbocycles. The summed E-state index contributed by atoms with van der Waals surface area (Å²) in [7, 11) is 0. The van der Waals surface area contributed by atoms with Gasteiger partial charge in [-0.25, -0.2) is 9.59 Å². The maximum absolute atomic E-state index is 12.3. The van der Waals surface area contributed by atoms with E-state index in [2.05, 4.69) is 16.0 Å². The Morgan fingerprint density at radius 1 is 1.03 bits per heavy atom. The molecule has 2 rings (SSSR count).